The largest absolute Gasteiger partial charge is 0.383 e. The number of fused-ring (bicyclic) bond motifs is 1. The second-order valence-corrected chi connectivity index (χ2v) is 3.73. The number of thiazole rings is 1. The maximum atomic E-state index is 11.3. The van der Waals surface area contributed by atoms with Crippen LogP contribution in [0.1, 0.15) is 4.88 Å². The lowest BCUT2D eigenvalue weighted by molar-refractivity contribution is 1.08. The summed E-state index contributed by atoms with van der Waals surface area (Å²) in [4.78, 5) is 17.0. The molecule has 2 N–H and O–H groups in total. The fourth-order valence-corrected chi connectivity index (χ4v) is 1.87. The Labute approximate surface area is 72.3 Å². The molecule has 0 radical (unpaired) electrons. The van der Waals surface area contributed by atoms with E-state index < -0.39 is 0 Å². The first kappa shape index (κ1) is 7.30. The van der Waals surface area contributed by atoms with Crippen molar-refractivity contribution in [1.82, 2.24) is 9.38 Å². The predicted octanol–water partition coefficient (Wildman–Crippen LogP) is 0.647. The molecule has 2 aromatic rings. The minimum absolute atomic E-state index is 0.123. The number of rotatable bonds is 0. The Hall–Kier alpha value is -1.36. The van der Waals surface area contributed by atoms with Gasteiger partial charge >= 0.3 is 0 Å². The van der Waals surface area contributed by atoms with Gasteiger partial charge in [0.15, 0.2) is 4.96 Å². The Morgan fingerprint density at radius 1 is 1.67 bits per heavy atom. The third-order valence-corrected chi connectivity index (χ3v) is 2.40. The summed E-state index contributed by atoms with van der Waals surface area (Å²) in [5.74, 6) is 0.279. The Balaban J connectivity index is 2.98. The van der Waals surface area contributed by atoms with Crippen LogP contribution in [0.25, 0.3) is 4.96 Å². The summed E-state index contributed by atoms with van der Waals surface area (Å²) in [7, 11) is 0. The molecule has 0 aliphatic carbocycles. The fraction of sp³-hybridized carbons (Fsp3) is 0.143. The summed E-state index contributed by atoms with van der Waals surface area (Å²) >= 11 is 1.45. The number of nitrogens with two attached hydrogens (primary N) is 1. The molecule has 0 aliphatic heterocycles. The Bertz CT molecular complexity index is 485. The number of hydrogen-bond acceptors (Lipinski definition) is 4. The topological polar surface area (TPSA) is 60.4 Å². The number of nitrogen functional groups attached to an aromatic ring is 1. The quantitative estimate of drug-likeness (QED) is 0.649. The average molecular weight is 181 g/mol. The molecule has 2 heterocycles. The van der Waals surface area contributed by atoms with Crippen LogP contribution in [0, 0.1) is 6.92 Å². The summed E-state index contributed by atoms with van der Waals surface area (Å²) < 4.78 is 1.50. The molecule has 0 saturated heterocycles. The highest BCUT2D eigenvalue weighted by molar-refractivity contribution is 7.16. The van der Waals surface area contributed by atoms with Crippen LogP contribution < -0.4 is 11.3 Å². The van der Waals surface area contributed by atoms with Crippen LogP contribution in [0.15, 0.2) is 17.1 Å². The van der Waals surface area contributed by atoms with E-state index in [0.717, 1.165) is 4.88 Å². The summed E-state index contributed by atoms with van der Waals surface area (Å²) in [5, 5.41) is 0. The van der Waals surface area contributed by atoms with Gasteiger partial charge in [0.1, 0.15) is 5.82 Å². The molecule has 0 amide bonds. The van der Waals surface area contributed by atoms with Crippen LogP contribution in [0.3, 0.4) is 0 Å². The van der Waals surface area contributed by atoms with Crippen molar-refractivity contribution in [3.8, 4) is 0 Å². The van der Waals surface area contributed by atoms with Crippen LogP contribution in [0.4, 0.5) is 5.82 Å². The number of anilines is 1. The van der Waals surface area contributed by atoms with Gasteiger partial charge in [-0.05, 0) is 6.92 Å². The van der Waals surface area contributed by atoms with Crippen LogP contribution in [-0.4, -0.2) is 9.38 Å². The Morgan fingerprint density at radius 3 is 3.17 bits per heavy atom. The van der Waals surface area contributed by atoms with Gasteiger partial charge in [0.2, 0.25) is 0 Å². The van der Waals surface area contributed by atoms with Gasteiger partial charge in [0, 0.05) is 17.1 Å². The summed E-state index contributed by atoms with van der Waals surface area (Å²) in [6, 6.07) is 1.32. The first-order chi connectivity index (χ1) is 5.66. The first-order valence-electron chi connectivity index (χ1n) is 3.42. The summed E-state index contributed by atoms with van der Waals surface area (Å²) in [6.45, 7) is 1.93. The molecule has 0 bridgehead atoms. The molecule has 0 aliphatic rings. The van der Waals surface area contributed by atoms with Gasteiger partial charge in [-0.2, -0.15) is 0 Å². The number of aryl methyl sites for hydroxylation is 1. The van der Waals surface area contributed by atoms with E-state index in [1.165, 1.54) is 21.8 Å². The average Bonchev–Trinajstić information content (AvgIpc) is 2.29. The second kappa shape index (κ2) is 2.31. The second-order valence-electron chi connectivity index (χ2n) is 2.51. The maximum Gasteiger partial charge on any atom is 0.260 e. The van der Waals surface area contributed by atoms with Crippen LogP contribution >= 0.6 is 11.3 Å². The van der Waals surface area contributed by atoms with E-state index in [0.29, 0.717) is 4.96 Å². The monoisotopic (exact) mass is 181 g/mol. The number of aromatic nitrogens is 2. The van der Waals surface area contributed by atoms with E-state index in [-0.39, 0.29) is 11.4 Å². The molecule has 0 atom stereocenters. The van der Waals surface area contributed by atoms with Crippen LogP contribution in [0.2, 0.25) is 0 Å². The van der Waals surface area contributed by atoms with Crippen molar-refractivity contribution in [2.45, 2.75) is 6.92 Å². The Morgan fingerprint density at radius 2 is 2.42 bits per heavy atom. The van der Waals surface area contributed by atoms with E-state index in [1.807, 2.05) is 6.92 Å². The minimum Gasteiger partial charge on any atom is -0.383 e. The first-order valence-corrected chi connectivity index (χ1v) is 4.24. The molecule has 2 rings (SSSR count). The molecule has 4 nitrogen and oxygen atoms in total. The highest BCUT2D eigenvalue weighted by Crippen LogP contribution is 2.13. The van der Waals surface area contributed by atoms with Gasteiger partial charge in [0.25, 0.3) is 5.56 Å². The zero-order valence-corrected chi connectivity index (χ0v) is 7.26. The third kappa shape index (κ3) is 0.984. The van der Waals surface area contributed by atoms with Crippen molar-refractivity contribution in [1.29, 1.82) is 0 Å². The minimum atomic E-state index is -0.123. The van der Waals surface area contributed by atoms with Gasteiger partial charge in [-0.25, -0.2) is 4.98 Å². The maximum absolute atomic E-state index is 11.3. The lowest BCUT2D eigenvalue weighted by atomic mass is 10.6. The normalized spacial score (nSPS) is 10.8. The molecule has 0 aromatic carbocycles. The van der Waals surface area contributed by atoms with E-state index in [2.05, 4.69) is 4.98 Å². The highest BCUT2D eigenvalue weighted by Gasteiger charge is 2.01. The molecular formula is C7H7N3OS. The molecule has 5 heteroatoms. The van der Waals surface area contributed by atoms with Crippen LogP contribution in [0.5, 0.6) is 0 Å². The van der Waals surface area contributed by atoms with Crippen molar-refractivity contribution in [2.75, 3.05) is 5.73 Å². The van der Waals surface area contributed by atoms with Crippen molar-refractivity contribution in [2.24, 2.45) is 0 Å². The molecule has 0 spiro atoms. The Kier molecular flexibility index (Phi) is 1.41. The molecular weight excluding hydrogens is 174 g/mol. The van der Waals surface area contributed by atoms with E-state index in [9.17, 15) is 4.79 Å². The third-order valence-electron chi connectivity index (χ3n) is 1.50. The molecule has 0 saturated carbocycles. The summed E-state index contributed by atoms with van der Waals surface area (Å²) in [5.41, 5.74) is 5.29. The SMILES string of the molecule is Cc1cn2c(=O)cc(N)nc2s1. The molecule has 12 heavy (non-hydrogen) atoms. The molecule has 2 aromatic heterocycles. The lowest BCUT2D eigenvalue weighted by Gasteiger charge is -1.91. The fourth-order valence-electron chi connectivity index (χ4n) is 1.03. The molecule has 0 unspecified atom stereocenters. The lowest BCUT2D eigenvalue weighted by Crippen LogP contribution is -2.12. The molecule has 62 valence electrons. The summed E-state index contributed by atoms with van der Waals surface area (Å²) in [6.07, 6.45) is 1.76. The van der Waals surface area contributed by atoms with Gasteiger partial charge in [-0.1, -0.05) is 0 Å². The van der Waals surface area contributed by atoms with E-state index in [1.54, 1.807) is 6.20 Å². The van der Waals surface area contributed by atoms with Crippen molar-refractivity contribution < 1.29 is 0 Å². The van der Waals surface area contributed by atoms with Crippen molar-refractivity contribution in [3.05, 3.63) is 27.5 Å². The van der Waals surface area contributed by atoms with Gasteiger partial charge in [-0.3, -0.25) is 9.20 Å². The van der Waals surface area contributed by atoms with E-state index in [4.69, 9.17) is 5.73 Å². The van der Waals surface area contributed by atoms with Crippen molar-refractivity contribution >= 4 is 22.1 Å². The standard InChI is InChI=1S/C7H7N3OS/c1-4-3-10-6(11)2-5(8)9-7(10)12-4/h2-3H,8H2,1H3. The van der Waals surface area contributed by atoms with Gasteiger partial charge in [-0.15, -0.1) is 11.3 Å². The van der Waals surface area contributed by atoms with Crippen LogP contribution in [-0.2, 0) is 0 Å². The van der Waals surface area contributed by atoms with E-state index >= 15 is 0 Å². The predicted molar refractivity (Wildman–Crippen MR) is 48.5 cm³/mol. The number of hydrogen-bond donors (Lipinski definition) is 1. The highest BCUT2D eigenvalue weighted by atomic mass is 32.1. The van der Waals surface area contributed by atoms with Crippen molar-refractivity contribution in [3.63, 3.8) is 0 Å². The van der Waals surface area contributed by atoms with Gasteiger partial charge in [0.05, 0.1) is 0 Å². The zero-order chi connectivity index (χ0) is 8.72. The smallest absolute Gasteiger partial charge is 0.260 e. The molecule has 0 fully saturated rings. The van der Waals surface area contributed by atoms with Gasteiger partial charge < -0.3 is 5.73 Å². The number of nitrogens with zero attached hydrogens (tertiary/aromatic N) is 2. The zero-order valence-electron chi connectivity index (χ0n) is 6.44.